The van der Waals surface area contributed by atoms with E-state index >= 15 is 0 Å². The number of hydrogen-bond acceptors (Lipinski definition) is 5. The minimum atomic E-state index is -1.15. The molecule has 0 saturated carbocycles. The predicted molar refractivity (Wildman–Crippen MR) is 121 cm³/mol. The van der Waals surface area contributed by atoms with Crippen molar-refractivity contribution in [3.63, 3.8) is 0 Å². The molecule has 1 aliphatic rings. The standard InChI is InChI=1S/C17H26N4O3.C7H5F3/c1-11(18)10-16(23)21-12(2)13-4-3-7-19-14(13)5-6-15(21)17(24)20-8-9-22;1-4-2-6(9)7(10)3-5(4)8/h3-4,7,11-12,15,22H,5-6,8-10,18H2,1-2H3,(H,20,24);2-3H,1H3. The highest BCUT2D eigenvalue weighted by atomic mass is 19.2. The molecule has 0 spiro atoms. The fourth-order valence-corrected chi connectivity index (χ4v) is 3.82. The number of benzene rings is 1. The van der Waals surface area contributed by atoms with E-state index in [1.54, 1.807) is 18.0 Å². The van der Waals surface area contributed by atoms with E-state index in [4.69, 9.17) is 10.8 Å². The van der Waals surface area contributed by atoms with Gasteiger partial charge >= 0.3 is 0 Å². The van der Waals surface area contributed by atoms with Crippen LogP contribution in [0.4, 0.5) is 13.2 Å². The fraction of sp³-hybridized carbons (Fsp3) is 0.458. The Balaban J connectivity index is 0.000000340. The summed E-state index contributed by atoms with van der Waals surface area (Å²) < 4.78 is 36.7. The Labute approximate surface area is 197 Å². The molecule has 7 nitrogen and oxygen atoms in total. The molecule has 186 valence electrons. The second-order valence-corrected chi connectivity index (χ2v) is 8.28. The van der Waals surface area contributed by atoms with Gasteiger partial charge in [-0.15, -0.1) is 0 Å². The molecule has 34 heavy (non-hydrogen) atoms. The van der Waals surface area contributed by atoms with Gasteiger partial charge in [-0.3, -0.25) is 14.6 Å². The van der Waals surface area contributed by atoms with Gasteiger partial charge in [0.2, 0.25) is 11.8 Å². The van der Waals surface area contributed by atoms with Crippen LogP contribution in [0.15, 0.2) is 30.5 Å². The minimum absolute atomic E-state index is 0.110. The summed E-state index contributed by atoms with van der Waals surface area (Å²) in [4.78, 5) is 31.3. The molecule has 1 aromatic heterocycles. The SMILES string of the molecule is CC(N)CC(=O)N1C(C(=O)NCCO)CCc2ncccc2C1C.Cc1cc(F)c(F)cc1F. The number of aromatic nitrogens is 1. The third-order valence-corrected chi connectivity index (χ3v) is 5.48. The molecule has 1 aromatic carbocycles. The van der Waals surface area contributed by atoms with E-state index in [1.165, 1.54) is 6.92 Å². The summed E-state index contributed by atoms with van der Waals surface area (Å²) in [5.74, 6) is -3.28. The van der Waals surface area contributed by atoms with E-state index in [2.05, 4.69) is 10.3 Å². The molecule has 10 heteroatoms. The van der Waals surface area contributed by atoms with Crippen molar-refractivity contribution in [2.45, 2.75) is 58.2 Å². The first-order valence-corrected chi connectivity index (χ1v) is 11.1. The smallest absolute Gasteiger partial charge is 0.242 e. The van der Waals surface area contributed by atoms with Gasteiger partial charge in [-0.2, -0.15) is 0 Å². The molecule has 2 heterocycles. The summed E-state index contributed by atoms with van der Waals surface area (Å²) in [6, 6.07) is 4.03. The van der Waals surface area contributed by atoms with Gasteiger partial charge in [-0.05, 0) is 56.9 Å². The van der Waals surface area contributed by atoms with Crippen LogP contribution >= 0.6 is 0 Å². The quantitative estimate of drug-likeness (QED) is 0.570. The molecule has 1 aliphatic heterocycles. The molecular formula is C24H31F3N4O3. The first kappa shape index (κ1) is 27.3. The van der Waals surface area contributed by atoms with Crippen LogP contribution < -0.4 is 11.1 Å². The number of fused-ring (bicyclic) bond motifs is 1. The molecule has 0 radical (unpaired) electrons. The average Bonchev–Trinajstić information content (AvgIpc) is 2.93. The first-order chi connectivity index (χ1) is 16.1. The number of nitrogens with one attached hydrogen (secondary N) is 1. The van der Waals surface area contributed by atoms with Crippen LogP contribution in [0.2, 0.25) is 0 Å². The van der Waals surface area contributed by atoms with Crippen LogP contribution in [0.1, 0.15) is 49.6 Å². The van der Waals surface area contributed by atoms with Crippen molar-refractivity contribution < 1.29 is 27.9 Å². The van der Waals surface area contributed by atoms with Gasteiger partial charge in [-0.1, -0.05) is 6.07 Å². The fourth-order valence-electron chi connectivity index (χ4n) is 3.82. The number of hydrogen-bond donors (Lipinski definition) is 3. The van der Waals surface area contributed by atoms with Crippen molar-refractivity contribution in [3.8, 4) is 0 Å². The number of nitrogens with zero attached hydrogens (tertiary/aromatic N) is 2. The molecule has 3 rings (SSSR count). The lowest BCUT2D eigenvalue weighted by Gasteiger charge is -2.34. The number of amides is 2. The first-order valence-electron chi connectivity index (χ1n) is 11.1. The van der Waals surface area contributed by atoms with E-state index in [1.807, 2.05) is 19.1 Å². The Morgan fingerprint density at radius 1 is 1.26 bits per heavy atom. The lowest BCUT2D eigenvalue weighted by molar-refractivity contribution is -0.143. The van der Waals surface area contributed by atoms with E-state index < -0.39 is 23.5 Å². The van der Waals surface area contributed by atoms with E-state index in [0.29, 0.717) is 18.9 Å². The maximum atomic E-state index is 12.8. The number of carbonyl (C=O) groups is 2. The molecule has 0 saturated heterocycles. The van der Waals surface area contributed by atoms with Crippen LogP contribution in [-0.4, -0.2) is 52.0 Å². The third kappa shape index (κ3) is 7.01. The highest BCUT2D eigenvalue weighted by Gasteiger charge is 2.37. The summed E-state index contributed by atoms with van der Waals surface area (Å²) in [5, 5.41) is 11.6. The Kier molecular flexibility index (Phi) is 10.0. The molecular weight excluding hydrogens is 449 g/mol. The maximum Gasteiger partial charge on any atom is 0.242 e. The van der Waals surface area contributed by atoms with E-state index in [9.17, 15) is 22.8 Å². The van der Waals surface area contributed by atoms with Crippen LogP contribution in [0.3, 0.4) is 0 Å². The molecule has 2 amide bonds. The number of aliphatic hydroxyl groups excluding tert-OH is 1. The highest BCUT2D eigenvalue weighted by Crippen LogP contribution is 2.31. The Morgan fingerprint density at radius 2 is 1.94 bits per heavy atom. The number of carbonyl (C=O) groups excluding carboxylic acids is 2. The summed E-state index contributed by atoms with van der Waals surface area (Å²) in [6.45, 7) is 5.10. The molecule has 0 fully saturated rings. The lowest BCUT2D eigenvalue weighted by Crippen LogP contribution is -2.51. The zero-order valence-electron chi connectivity index (χ0n) is 19.5. The number of rotatable bonds is 5. The van der Waals surface area contributed by atoms with Crippen LogP contribution in [0.25, 0.3) is 0 Å². The molecule has 2 aromatic rings. The molecule has 0 bridgehead atoms. The highest BCUT2D eigenvalue weighted by molar-refractivity contribution is 5.88. The van der Waals surface area contributed by atoms with Crippen LogP contribution in [-0.2, 0) is 16.0 Å². The van der Waals surface area contributed by atoms with Gasteiger partial charge in [0.05, 0.1) is 12.6 Å². The predicted octanol–water partition coefficient (Wildman–Crippen LogP) is 2.54. The number of aliphatic hydroxyl groups is 1. The van der Waals surface area contributed by atoms with Crippen molar-refractivity contribution in [3.05, 3.63) is 64.7 Å². The van der Waals surface area contributed by atoms with Crippen LogP contribution in [0.5, 0.6) is 0 Å². The van der Waals surface area contributed by atoms with Crippen molar-refractivity contribution in [1.29, 1.82) is 0 Å². The molecule has 0 aliphatic carbocycles. The molecule has 3 unspecified atom stereocenters. The van der Waals surface area contributed by atoms with Crippen molar-refractivity contribution in [1.82, 2.24) is 15.2 Å². The van der Waals surface area contributed by atoms with Gasteiger partial charge in [0, 0.05) is 37.0 Å². The van der Waals surface area contributed by atoms with E-state index in [0.717, 1.165) is 17.3 Å². The molecule has 4 N–H and O–H groups in total. The van der Waals surface area contributed by atoms with Gasteiger partial charge in [0.25, 0.3) is 0 Å². The van der Waals surface area contributed by atoms with E-state index in [-0.39, 0.29) is 49.0 Å². The van der Waals surface area contributed by atoms with Gasteiger partial charge in [0.15, 0.2) is 11.6 Å². The van der Waals surface area contributed by atoms with Crippen molar-refractivity contribution in [2.75, 3.05) is 13.2 Å². The molecule has 3 atom stereocenters. The second kappa shape index (κ2) is 12.5. The zero-order valence-corrected chi connectivity index (χ0v) is 19.5. The Bertz CT molecular complexity index is 953. The monoisotopic (exact) mass is 480 g/mol. The van der Waals surface area contributed by atoms with Crippen molar-refractivity contribution in [2.24, 2.45) is 5.73 Å². The number of aryl methyl sites for hydroxylation is 2. The maximum absolute atomic E-state index is 12.8. The Hall–Kier alpha value is -2.98. The van der Waals surface area contributed by atoms with Gasteiger partial charge in [-0.25, -0.2) is 13.2 Å². The summed E-state index contributed by atoms with van der Waals surface area (Å²) in [6.07, 6.45) is 3.03. The zero-order chi connectivity index (χ0) is 25.4. The average molecular weight is 481 g/mol. The summed E-state index contributed by atoms with van der Waals surface area (Å²) in [7, 11) is 0. The largest absolute Gasteiger partial charge is 0.395 e. The summed E-state index contributed by atoms with van der Waals surface area (Å²) in [5.41, 5.74) is 7.78. The third-order valence-electron chi connectivity index (χ3n) is 5.48. The Morgan fingerprint density at radius 3 is 2.56 bits per heavy atom. The van der Waals surface area contributed by atoms with Crippen LogP contribution in [0, 0.1) is 24.4 Å². The van der Waals surface area contributed by atoms with Gasteiger partial charge < -0.3 is 21.1 Å². The minimum Gasteiger partial charge on any atom is -0.395 e. The van der Waals surface area contributed by atoms with Gasteiger partial charge in [0.1, 0.15) is 11.9 Å². The second-order valence-electron chi connectivity index (χ2n) is 8.28. The number of nitrogens with two attached hydrogens (primary N) is 1. The normalized spacial score (nSPS) is 18.2. The lowest BCUT2D eigenvalue weighted by atomic mass is 10.0. The topological polar surface area (TPSA) is 109 Å². The summed E-state index contributed by atoms with van der Waals surface area (Å²) >= 11 is 0. The number of halogens is 3. The van der Waals surface area contributed by atoms with Crippen molar-refractivity contribution >= 4 is 11.8 Å². The number of pyridine rings is 1.